The standard InChI is InChI=1S/C25H27N3/c1-16-10-18(3)24(19(4)11-16)26-14-22-8-7-9-23(28-22)15-27-25-20(5)12-17(2)13-21(25)6/h7-15H,1-6H3/b26-14+,27-15+. The van der Waals surface area contributed by atoms with E-state index in [0.717, 1.165) is 22.8 Å². The van der Waals surface area contributed by atoms with Gasteiger partial charge in [0.15, 0.2) is 0 Å². The minimum absolute atomic E-state index is 0.820. The van der Waals surface area contributed by atoms with Crippen molar-refractivity contribution < 1.29 is 0 Å². The molecule has 0 saturated carbocycles. The van der Waals surface area contributed by atoms with Gasteiger partial charge in [0.05, 0.1) is 35.2 Å². The zero-order chi connectivity index (χ0) is 20.3. The number of hydrogen-bond donors (Lipinski definition) is 0. The third-order valence-corrected chi connectivity index (χ3v) is 4.71. The van der Waals surface area contributed by atoms with Crippen LogP contribution in [0.5, 0.6) is 0 Å². The van der Waals surface area contributed by atoms with Gasteiger partial charge in [-0.1, -0.05) is 41.5 Å². The SMILES string of the molecule is Cc1cc(C)c(/N=C/c2cccc(/C=N/c3c(C)cc(C)cc3C)n2)c(C)c1. The van der Waals surface area contributed by atoms with Gasteiger partial charge in [0, 0.05) is 0 Å². The van der Waals surface area contributed by atoms with Crippen molar-refractivity contribution in [3.8, 4) is 0 Å². The normalized spacial score (nSPS) is 11.6. The molecule has 0 N–H and O–H groups in total. The highest BCUT2D eigenvalue weighted by atomic mass is 14.8. The average molecular weight is 370 g/mol. The lowest BCUT2D eigenvalue weighted by atomic mass is 10.1. The molecular weight excluding hydrogens is 342 g/mol. The van der Waals surface area contributed by atoms with E-state index >= 15 is 0 Å². The van der Waals surface area contributed by atoms with E-state index in [0.29, 0.717) is 0 Å². The van der Waals surface area contributed by atoms with E-state index in [-0.39, 0.29) is 0 Å². The van der Waals surface area contributed by atoms with Crippen molar-refractivity contribution in [1.82, 2.24) is 4.98 Å². The zero-order valence-corrected chi connectivity index (χ0v) is 17.5. The number of aliphatic imine (C=N–C) groups is 2. The summed E-state index contributed by atoms with van der Waals surface area (Å²) in [5, 5.41) is 0. The average Bonchev–Trinajstić information content (AvgIpc) is 2.60. The number of nitrogens with zero attached hydrogens (tertiary/aromatic N) is 3. The number of aromatic nitrogens is 1. The Morgan fingerprint density at radius 3 is 1.32 bits per heavy atom. The Labute approximate surface area is 167 Å². The van der Waals surface area contributed by atoms with Crippen molar-refractivity contribution in [2.75, 3.05) is 0 Å². The second-order valence-corrected chi connectivity index (χ2v) is 7.50. The van der Waals surface area contributed by atoms with Crippen LogP contribution >= 0.6 is 0 Å². The van der Waals surface area contributed by atoms with Gasteiger partial charge >= 0.3 is 0 Å². The van der Waals surface area contributed by atoms with Crippen LogP contribution < -0.4 is 0 Å². The fraction of sp³-hybridized carbons (Fsp3) is 0.240. The van der Waals surface area contributed by atoms with Crippen LogP contribution in [0.3, 0.4) is 0 Å². The predicted octanol–water partition coefficient (Wildman–Crippen LogP) is 6.43. The topological polar surface area (TPSA) is 37.6 Å². The molecule has 1 heterocycles. The van der Waals surface area contributed by atoms with Crippen molar-refractivity contribution >= 4 is 23.8 Å². The molecule has 0 radical (unpaired) electrons. The second kappa shape index (κ2) is 8.30. The molecular formula is C25H27N3. The Balaban J connectivity index is 1.86. The van der Waals surface area contributed by atoms with Gasteiger partial charge in [0.2, 0.25) is 0 Å². The number of benzene rings is 2. The van der Waals surface area contributed by atoms with Crippen molar-refractivity contribution in [3.63, 3.8) is 0 Å². The van der Waals surface area contributed by atoms with Crippen LogP contribution in [0.25, 0.3) is 0 Å². The van der Waals surface area contributed by atoms with Crippen molar-refractivity contribution in [2.45, 2.75) is 41.5 Å². The summed E-state index contributed by atoms with van der Waals surface area (Å²) in [5.41, 5.74) is 10.9. The van der Waals surface area contributed by atoms with Crippen LogP contribution in [-0.4, -0.2) is 17.4 Å². The first-order chi connectivity index (χ1) is 13.3. The van der Waals surface area contributed by atoms with Gasteiger partial charge < -0.3 is 0 Å². The fourth-order valence-electron chi connectivity index (χ4n) is 3.63. The first kappa shape index (κ1) is 19.7. The molecule has 3 rings (SSSR count). The van der Waals surface area contributed by atoms with Gasteiger partial charge in [-0.25, -0.2) is 4.98 Å². The van der Waals surface area contributed by atoms with E-state index < -0.39 is 0 Å². The summed E-state index contributed by atoms with van der Waals surface area (Å²) in [4.78, 5) is 14.0. The molecule has 0 bridgehead atoms. The molecule has 0 saturated heterocycles. The fourth-order valence-corrected chi connectivity index (χ4v) is 3.63. The maximum atomic E-state index is 4.68. The van der Waals surface area contributed by atoms with Crippen molar-refractivity contribution in [3.05, 3.63) is 87.2 Å². The summed E-state index contributed by atoms with van der Waals surface area (Å²) in [6, 6.07) is 14.5. The molecule has 1 aromatic heterocycles. The molecule has 0 amide bonds. The van der Waals surface area contributed by atoms with Gasteiger partial charge in [-0.2, -0.15) is 0 Å². The number of aryl methyl sites for hydroxylation is 6. The molecule has 3 heteroatoms. The molecule has 0 aliphatic rings. The molecule has 2 aromatic carbocycles. The minimum Gasteiger partial charge on any atom is -0.254 e. The molecule has 0 fully saturated rings. The quantitative estimate of drug-likeness (QED) is 0.488. The monoisotopic (exact) mass is 369 g/mol. The Morgan fingerprint density at radius 2 is 0.964 bits per heavy atom. The highest BCUT2D eigenvalue weighted by molar-refractivity contribution is 5.85. The van der Waals surface area contributed by atoms with Gasteiger partial charge in [-0.15, -0.1) is 0 Å². The van der Waals surface area contributed by atoms with Crippen molar-refractivity contribution in [2.24, 2.45) is 9.98 Å². The number of hydrogen-bond acceptors (Lipinski definition) is 3. The van der Waals surface area contributed by atoms with E-state index in [1.165, 1.54) is 33.4 Å². The summed E-state index contributed by atoms with van der Waals surface area (Å²) >= 11 is 0. The largest absolute Gasteiger partial charge is 0.254 e. The van der Waals surface area contributed by atoms with E-state index in [9.17, 15) is 0 Å². The van der Waals surface area contributed by atoms with Gasteiger partial charge in [0.25, 0.3) is 0 Å². The third-order valence-electron chi connectivity index (χ3n) is 4.71. The summed E-state index contributed by atoms with van der Waals surface area (Å²) in [6.45, 7) is 12.6. The van der Waals surface area contributed by atoms with Crippen molar-refractivity contribution in [1.29, 1.82) is 0 Å². The Hall–Kier alpha value is -3.07. The molecule has 142 valence electrons. The van der Waals surface area contributed by atoms with E-state index in [4.69, 9.17) is 0 Å². The van der Waals surface area contributed by atoms with E-state index in [1.807, 2.05) is 30.6 Å². The molecule has 3 nitrogen and oxygen atoms in total. The lowest BCUT2D eigenvalue weighted by Crippen LogP contribution is -1.94. The lowest BCUT2D eigenvalue weighted by molar-refractivity contribution is 1.25. The first-order valence-electron chi connectivity index (χ1n) is 9.54. The maximum Gasteiger partial charge on any atom is 0.0820 e. The van der Waals surface area contributed by atoms with Gasteiger partial charge in [0.1, 0.15) is 0 Å². The molecule has 0 aliphatic carbocycles. The molecule has 0 unspecified atom stereocenters. The summed E-state index contributed by atoms with van der Waals surface area (Å²) in [5.74, 6) is 0. The smallest absolute Gasteiger partial charge is 0.0820 e. The van der Waals surface area contributed by atoms with Crippen LogP contribution in [0.1, 0.15) is 44.8 Å². The van der Waals surface area contributed by atoms with E-state index in [1.54, 1.807) is 0 Å². The van der Waals surface area contributed by atoms with Crippen LogP contribution in [0.15, 0.2) is 52.4 Å². The van der Waals surface area contributed by atoms with Crippen LogP contribution in [0.4, 0.5) is 11.4 Å². The number of pyridine rings is 1. The van der Waals surface area contributed by atoms with Crippen LogP contribution in [-0.2, 0) is 0 Å². The summed E-state index contributed by atoms with van der Waals surface area (Å²) in [7, 11) is 0. The molecule has 0 aliphatic heterocycles. The van der Waals surface area contributed by atoms with Gasteiger partial charge in [-0.3, -0.25) is 9.98 Å². The molecule has 0 spiro atoms. The Kier molecular flexibility index (Phi) is 5.84. The Morgan fingerprint density at radius 1 is 0.607 bits per heavy atom. The van der Waals surface area contributed by atoms with Crippen LogP contribution in [0, 0.1) is 41.5 Å². The van der Waals surface area contributed by atoms with E-state index in [2.05, 4.69) is 80.8 Å². The highest BCUT2D eigenvalue weighted by Crippen LogP contribution is 2.26. The second-order valence-electron chi connectivity index (χ2n) is 7.50. The van der Waals surface area contributed by atoms with Crippen LogP contribution in [0.2, 0.25) is 0 Å². The lowest BCUT2D eigenvalue weighted by Gasteiger charge is -2.07. The molecule has 0 atom stereocenters. The summed E-state index contributed by atoms with van der Waals surface area (Å²) < 4.78 is 0. The summed E-state index contributed by atoms with van der Waals surface area (Å²) in [6.07, 6.45) is 3.65. The third kappa shape index (κ3) is 4.61. The highest BCUT2D eigenvalue weighted by Gasteiger charge is 2.03. The molecule has 28 heavy (non-hydrogen) atoms. The van der Waals surface area contributed by atoms with Gasteiger partial charge in [-0.05, 0) is 75.9 Å². The minimum atomic E-state index is 0.820. The number of rotatable bonds is 4. The molecule has 3 aromatic rings. The predicted molar refractivity (Wildman–Crippen MR) is 120 cm³/mol. The first-order valence-corrected chi connectivity index (χ1v) is 9.54. The maximum absolute atomic E-state index is 4.68. The Bertz CT molecular complexity index is 946. The zero-order valence-electron chi connectivity index (χ0n) is 17.5.